The second kappa shape index (κ2) is 5.40. The maximum atomic E-state index is 13.9. The number of hydrogen-bond acceptors (Lipinski definition) is 2. The molecule has 1 aromatic rings. The SMILES string of the molecule is CN(C)C(=O)N1CC(c2ccccc2F)OCC1(C)C. The first-order chi connectivity index (χ1) is 9.33. The van der Waals surface area contributed by atoms with Gasteiger partial charge in [0.1, 0.15) is 11.9 Å². The van der Waals surface area contributed by atoms with E-state index >= 15 is 0 Å². The molecule has 1 aromatic carbocycles. The Morgan fingerprint density at radius 3 is 2.65 bits per heavy atom. The van der Waals surface area contributed by atoms with Crippen LogP contribution in [0.3, 0.4) is 0 Å². The van der Waals surface area contributed by atoms with Crippen molar-refractivity contribution in [3.8, 4) is 0 Å². The maximum absolute atomic E-state index is 13.9. The van der Waals surface area contributed by atoms with Crippen LogP contribution in [0.15, 0.2) is 24.3 Å². The molecule has 1 aliphatic rings. The summed E-state index contributed by atoms with van der Waals surface area (Å²) in [5.74, 6) is -0.297. The predicted octanol–water partition coefficient (Wildman–Crippen LogP) is 2.66. The quantitative estimate of drug-likeness (QED) is 0.792. The zero-order chi connectivity index (χ0) is 14.9. The van der Waals surface area contributed by atoms with Gasteiger partial charge in [0.05, 0.1) is 18.7 Å². The van der Waals surface area contributed by atoms with Crippen molar-refractivity contribution in [3.63, 3.8) is 0 Å². The largest absolute Gasteiger partial charge is 0.369 e. The first kappa shape index (κ1) is 14.8. The minimum Gasteiger partial charge on any atom is -0.369 e. The fraction of sp³-hybridized carbons (Fsp3) is 0.533. The van der Waals surface area contributed by atoms with E-state index in [0.29, 0.717) is 18.7 Å². The third-order valence-corrected chi connectivity index (χ3v) is 3.58. The van der Waals surface area contributed by atoms with Crippen LogP contribution in [0, 0.1) is 5.82 Å². The highest BCUT2D eigenvalue weighted by Crippen LogP contribution is 2.31. The summed E-state index contributed by atoms with van der Waals surface area (Å²) in [5.41, 5.74) is 0.0999. The van der Waals surface area contributed by atoms with Gasteiger partial charge in [0.25, 0.3) is 0 Å². The van der Waals surface area contributed by atoms with Gasteiger partial charge in [-0.05, 0) is 19.9 Å². The molecule has 0 radical (unpaired) electrons. The van der Waals surface area contributed by atoms with Gasteiger partial charge in [0.15, 0.2) is 0 Å². The van der Waals surface area contributed by atoms with Crippen LogP contribution >= 0.6 is 0 Å². The van der Waals surface area contributed by atoms with Gasteiger partial charge in [0, 0.05) is 19.7 Å². The normalized spacial score (nSPS) is 21.6. The minimum absolute atomic E-state index is 0.0837. The number of morpholine rings is 1. The standard InChI is InChI=1S/C15H21FN2O2/c1-15(2)10-20-13(9-18(15)14(19)17(3)4)11-7-5-6-8-12(11)16/h5-8,13H,9-10H2,1-4H3. The highest BCUT2D eigenvalue weighted by molar-refractivity contribution is 5.75. The van der Waals surface area contributed by atoms with E-state index in [9.17, 15) is 9.18 Å². The number of nitrogens with zero attached hydrogens (tertiary/aromatic N) is 2. The van der Waals surface area contributed by atoms with Crippen LogP contribution in [0.5, 0.6) is 0 Å². The number of amides is 2. The van der Waals surface area contributed by atoms with Gasteiger partial charge in [-0.25, -0.2) is 9.18 Å². The zero-order valence-electron chi connectivity index (χ0n) is 12.4. The van der Waals surface area contributed by atoms with Crippen molar-refractivity contribution in [1.82, 2.24) is 9.80 Å². The molecular formula is C15H21FN2O2. The van der Waals surface area contributed by atoms with E-state index in [2.05, 4.69) is 0 Å². The van der Waals surface area contributed by atoms with Crippen molar-refractivity contribution in [1.29, 1.82) is 0 Å². The van der Waals surface area contributed by atoms with Crippen LogP contribution in [0.1, 0.15) is 25.5 Å². The Morgan fingerprint density at radius 1 is 1.40 bits per heavy atom. The van der Waals surface area contributed by atoms with Crippen LogP contribution in [0.4, 0.5) is 9.18 Å². The van der Waals surface area contributed by atoms with E-state index < -0.39 is 11.6 Å². The molecule has 0 aliphatic carbocycles. The second-order valence-corrected chi connectivity index (χ2v) is 5.92. The molecule has 1 fully saturated rings. The molecule has 0 saturated carbocycles. The summed E-state index contributed by atoms with van der Waals surface area (Å²) in [6.45, 7) is 4.63. The lowest BCUT2D eigenvalue weighted by atomic mass is 9.98. The Labute approximate surface area is 119 Å². The van der Waals surface area contributed by atoms with Crippen molar-refractivity contribution in [2.75, 3.05) is 27.2 Å². The van der Waals surface area contributed by atoms with Gasteiger partial charge in [-0.15, -0.1) is 0 Å². The molecule has 2 rings (SSSR count). The fourth-order valence-electron chi connectivity index (χ4n) is 2.35. The third kappa shape index (κ3) is 2.77. The molecule has 2 amide bonds. The predicted molar refractivity (Wildman–Crippen MR) is 75.0 cm³/mol. The van der Waals surface area contributed by atoms with E-state index in [1.807, 2.05) is 13.8 Å². The Morgan fingerprint density at radius 2 is 2.05 bits per heavy atom. The van der Waals surface area contributed by atoms with E-state index in [4.69, 9.17) is 4.74 Å². The number of rotatable bonds is 1. The molecule has 1 heterocycles. The van der Waals surface area contributed by atoms with E-state index in [1.165, 1.54) is 11.0 Å². The lowest BCUT2D eigenvalue weighted by molar-refractivity contribution is -0.0848. The Bertz CT molecular complexity index is 502. The summed E-state index contributed by atoms with van der Waals surface area (Å²) >= 11 is 0. The van der Waals surface area contributed by atoms with Crippen molar-refractivity contribution in [2.24, 2.45) is 0 Å². The lowest BCUT2D eigenvalue weighted by Crippen LogP contribution is -2.58. The molecule has 1 saturated heterocycles. The molecule has 5 heteroatoms. The molecule has 0 bridgehead atoms. The first-order valence-corrected chi connectivity index (χ1v) is 6.68. The maximum Gasteiger partial charge on any atom is 0.320 e. The van der Waals surface area contributed by atoms with Crippen molar-refractivity contribution < 1.29 is 13.9 Å². The minimum atomic E-state index is -0.423. The van der Waals surface area contributed by atoms with Crippen molar-refractivity contribution in [2.45, 2.75) is 25.5 Å². The molecule has 0 N–H and O–H groups in total. The van der Waals surface area contributed by atoms with Crippen LogP contribution in [-0.4, -0.2) is 48.6 Å². The number of ether oxygens (including phenoxy) is 1. The second-order valence-electron chi connectivity index (χ2n) is 5.92. The van der Waals surface area contributed by atoms with Gasteiger partial charge < -0.3 is 14.5 Å². The molecule has 1 unspecified atom stereocenters. The number of hydrogen-bond donors (Lipinski definition) is 0. The first-order valence-electron chi connectivity index (χ1n) is 6.68. The lowest BCUT2D eigenvalue weighted by Gasteiger charge is -2.46. The topological polar surface area (TPSA) is 32.8 Å². The van der Waals surface area contributed by atoms with Gasteiger partial charge in [-0.3, -0.25) is 0 Å². The number of urea groups is 1. The summed E-state index contributed by atoms with van der Waals surface area (Å²) in [6.07, 6.45) is -0.423. The van der Waals surface area contributed by atoms with Gasteiger partial charge in [0.2, 0.25) is 0 Å². The van der Waals surface area contributed by atoms with Gasteiger partial charge >= 0.3 is 6.03 Å². The molecule has 20 heavy (non-hydrogen) atoms. The average molecular weight is 280 g/mol. The van der Waals surface area contributed by atoms with E-state index in [-0.39, 0.29) is 11.8 Å². The number of benzene rings is 1. The Kier molecular flexibility index (Phi) is 3.99. The summed E-state index contributed by atoms with van der Waals surface area (Å²) in [5, 5.41) is 0. The highest BCUT2D eigenvalue weighted by Gasteiger charge is 2.39. The number of carbonyl (C=O) groups is 1. The van der Waals surface area contributed by atoms with Crippen LogP contribution < -0.4 is 0 Å². The Balaban J connectivity index is 2.25. The molecule has 0 aromatic heterocycles. The summed E-state index contributed by atoms with van der Waals surface area (Å²) in [6, 6.07) is 6.46. The monoisotopic (exact) mass is 280 g/mol. The van der Waals surface area contributed by atoms with Crippen LogP contribution in [0.25, 0.3) is 0 Å². The summed E-state index contributed by atoms with van der Waals surface area (Å²) in [4.78, 5) is 15.6. The smallest absolute Gasteiger partial charge is 0.320 e. The third-order valence-electron chi connectivity index (χ3n) is 3.58. The molecule has 1 atom stereocenters. The molecular weight excluding hydrogens is 259 g/mol. The van der Waals surface area contributed by atoms with Crippen molar-refractivity contribution in [3.05, 3.63) is 35.6 Å². The summed E-state index contributed by atoms with van der Waals surface area (Å²) < 4.78 is 19.6. The fourth-order valence-corrected chi connectivity index (χ4v) is 2.35. The number of halogens is 1. The molecule has 4 nitrogen and oxygen atoms in total. The summed E-state index contributed by atoms with van der Waals surface area (Å²) in [7, 11) is 3.43. The average Bonchev–Trinajstić information content (AvgIpc) is 2.38. The van der Waals surface area contributed by atoms with Gasteiger partial charge in [-0.2, -0.15) is 0 Å². The zero-order valence-corrected chi connectivity index (χ0v) is 12.4. The molecule has 1 aliphatic heterocycles. The van der Waals surface area contributed by atoms with E-state index in [1.54, 1.807) is 37.2 Å². The van der Waals surface area contributed by atoms with E-state index in [0.717, 1.165) is 0 Å². The van der Waals surface area contributed by atoms with Crippen LogP contribution in [-0.2, 0) is 4.74 Å². The number of carbonyl (C=O) groups excluding carboxylic acids is 1. The van der Waals surface area contributed by atoms with Crippen LogP contribution in [0.2, 0.25) is 0 Å². The van der Waals surface area contributed by atoms with Gasteiger partial charge in [-0.1, -0.05) is 18.2 Å². The molecule has 110 valence electrons. The molecule has 0 spiro atoms. The highest BCUT2D eigenvalue weighted by atomic mass is 19.1. The van der Waals surface area contributed by atoms with Crippen molar-refractivity contribution >= 4 is 6.03 Å². The Hall–Kier alpha value is -1.62.